The van der Waals surface area contributed by atoms with E-state index in [1.54, 1.807) is 7.11 Å². The zero-order valence-corrected chi connectivity index (χ0v) is 16.0. The number of hydrogen-bond donors (Lipinski definition) is 2. The maximum absolute atomic E-state index is 12.1. The third kappa shape index (κ3) is 4.01. The summed E-state index contributed by atoms with van der Waals surface area (Å²) in [5.74, 6) is 1.31. The fourth-order valence-corrected chi connectivity index (χ4v) is 3.34. The van der Waals surface area contributed by atoms with E-state index in [0.717, 1.165) is 27.8 Å². The largest absolute Gasteiger partial charge is 0.497 e. The van der Waals surface area contributed by atoms with Crippen molar-refractivity contribution in [1.82, 2.24) is 20.5 Å². The van der Waals surface area contributed by atoms with Crippen molar-refractivity contribution < 1.29 is 13.9 Å². The Morgan fingerprint density at radius 2 is 2.00 bits per heavy atom. The predicted molar refractivity (Wildman–Crippen MR) is 107 cm³/mol. The van der Waals surface area contributed by atoms with Gasteiger partial charge >= 0.3 is 0 Å². The monoisotopic (exact) mass is 394 g/mol. The van der Waals surface area contributed by atoms with E-state index in [9.17, 15) is 4.79 Å². The minimum absolute atomic E-state index is 0.104. The number of aromatic nitrogens is 3. The summed E-state index contributed by atoms with van der Waals surface area (Å²) >= 11 is 1.21. The van der Waals surface area contributed by atoms with E-state index in [1.165, 1.54) is 11.8 Å². The van der Waals surface area contributed by atoms with Crippen LogP contribution in [0.2, 0.25) is 0 Å². The van der Waals surface area contributed by atoms with Gasteiger partial charge in [0.15, 0.2) is 0 Å². The highest BCUT2D eigenvalue weighted by atomic mass is 32.2. The summed E-state index contributed by atoms with van der Waals surface area (Å²) in [5.41, 5.74) is 2.85. The molecule has 0 aliphatic heterocycles. The molecule has 0 aliphatic rings. The first-order valence-electron chi connectivity index (χ1n) is 8.65. The summed E-state index contributed by atoms with van der Waals surface area (Å²) in [5, 5.41) is 12.4. The van der Waals surface area contributed by atoms with Crippen LogP contribution in [0.4, 0.5) is 0 Å². The lowest BCUT2D eigenvalue weighted by atomic mass is 10.2. The lowest BCUT2D eigenvalue weighted by molar-refractivity contribution is -0.118. The molecule has 142 valence electrons. The Bertz CT molecular complexity index is 1090. The van der Waals surface area contributed by atoms with Crippen LogP contribution in [0, 0.1) is 0 Å². The van der Waals surface area contributed by atoms with Gasteiger partial charge in [-0.2, -0.15) is 0 Å². The topological polar surface area (TPSA) is 93.0 Å². The number of fused-ring (bicyclic) bond motifs is 1. The Balaban J connectivity index is 1.32. The molecule has 8 heteroatoms. The maximum atomic E-state index is 12.1. The number of amides is 1. The van der Waals surface area contributed by atoms with Gasteiger partial charge in [-0.1, -0.05) is 42.1 Å². The van der Waals surface area contributed by atoms with Crippen molar-refractivity contribution in [3.63, 3.8) is 0 Å². The number of methoxy groups -OCH3 is 1. The van der Waals surface area contributed by atoms with Crippen molar-refractivity contribution in [3.05, 3.63) is 60.3 Å². The first-order chi connectivity index (χ1) is 13.7. The number of aromatic amines is 1. The highest BCUT2D eigenvalue weighted by molar-refractivity contribution is 7.99. The standard InChI is InChI=1S/C20H18N4O3S/c1-26-14-8-6-13(7-9-14)10-22-18(25)12-28-20-24-23-19(27-20)16-11-21-17-5-3-2-4-15(16)17/h2-9,11,21H,10,12H2,1H3,(H,22,25). The lowest BCUT2D eigenvalue weighted by Gasteiger charge is -2.05. The van der Waals surface area contributed by atoms with Gasteiger partial charge in [0.1, 0.15) is 5.75 Å². The number of para-hydroxylation sites is 1. The molecular formula is C20H18N4O3S. The van der Waals surface area contributed by atoms with E-state index in [1.807, 2.05) is 54.7 Å². The van der Waals surface area contributed by atoms with Gasteiger partial charge in [0.2, 0.25) is 5.91 Å². The molecule has 0 unspecified atom stereocenters. The number of thioether (sulfide) groups is 1. The smallest absolute Gasteiger partial charge is 0.277 e. The summed E-state index contributed by atoms with van der Waals surface area (Å²) in [7, 11) is 1.62. The van der Waals surface area contributed by atoms with Gasteiger partial charge in [0.05, 0.1) is 18.4 Å². The zero-order chi connectivity index (χ0) is 19.3. The molecular weight excluding hydrogens is 376 g/mol. The van der Waals surface area contributed by atoms with Crippen molar-refractivity contribution in [2.75, 3.05) is 12.9 Å². The van der Waals surface area contributed by atoms with Crippen LogP contribution in [-0.4, -0.2) is 34.0 Å². The van der Waals surface area contributed by atoms with Crippen LogP contribution in [0.1, 0.15) is 5.56 Å². The lowest BCUT2D eigenvalue weighted by Crippen LogP contribution is -2.24. The Kier molecular flexibility index (Phi) is 5.29. The Hall–Kier alpha value is -3.26. The molecule has 1 amide bonds. The van der Waals surface area contributed by atoms with Gasteiger partial charge in [-0.15, -0.1) is 10.2 Å². The van der Waals surface area contributed by atoms with Crippen LogP contribution in [0.3, 0.4) is 0 Å². The van der Waals surface area contributed by atoms with Gasteiger partial charge in [-0.25, -0.2) is 0 Å². The first-order valence-corrected chi connectivity index (χ1v) is 9.64. The van der Waals surface area contributed by atoms with Crippen LogP contribution < -0.4 is 10.1 Å². The summed E-state index contributed by atoms with van der Waals surface area (Å²) < 4.78 is 10.8. The number of H-pyrrole nitrogens is 1. The van der Waals surface area contributed by atoms with E-state index in [4.69, 9.17) is 9.15 Å². The number of nitrogens with one attached hydrogen (secondary N) is 2. The minimum Gasteiger partial charge on any atom is -0.497 e. The van der Waals surface area contributed by atoms with Crippen molar-refractivity contribution in [3.8, 4) is 17.2 Å². The van der Waals surface area contributed by atoms with Crippen LogP contribution >= 0.6 is 11.8 Å². The Morgan fingerprint density at radius 3 is 2.82 bits per heavy atom. The molecule has 0 bridgehead atoms. The number of carbonyl (C=O) groups is 1. The van der Waals surface area contributed by atoms with E-state index in [2.05, 4.69) is 20.5 Å². The quantitative estimate of drug-likeness (QED) is 0.465. The third-order valence-electron chi connectivity index (χ3n) is 4.20. The fraction of sp³-hybridized carbons (Fsp3) is 0.150. The summed E-state index contributed by atoms with van der Waals surface area (Å²) in [6.07, 6.45) is 1.84. The maximum Gasteiger partial charge on any atom is 0.277 e. The van der Waals surface area contributed by atoms with Crippen LogP contribution in [0.15, 0.2) is 64.4 Å². The molecule has 0 fully saturated rings. The molecule has 0 spiro atoms. The van der Waals surface area contributed by atoms with Crippen LogP contribution in [0.25, 0.3) is 22.4 Å². The Morgan fingerprint density at radius 1 is 1.18 bits per heavy atom. The van der Waals surface area contributed by atoms with Gasteiger partial charge in [0, 0.05) is 23.6 Å². The van der Waals surface area contributed by atoms with Crippen LogP contribution in [-0.2, 0) is 11.3 Å². The fourth-order valence-electron chi connectivity index (χ4n) is 2.75. The molecule has 7 nitrogen and oxygen atoms in total. The molecule has 2 aromatic carbocycles. The van der Waals surface area contributed by atoms with Gasteiger partial charge in [-0.05, 0) is 23.8 Å². The van der Waals surface area contributed by atoms with Crippen molar-refractivity contribution in [2.45, 2.75) is 11.8 Å². The zero-order valence-electron chi connectivity index (χ0n) is 15.1. The molecule has 0 aliphatic carbocycles. The number of rotatable bonds is 7. The highest BCUT2D eigenvalue weighted by Gasteiger charge is 2.14. The minimum atomic E-state index is -0.104. The first kappa shape index (κ1) is 18.1. The summed E-state index contributed by atoms with van der Waals surface area (Å²) in [6.45, 7) is 0.452. The third-order valence-corrected chi connectivity index (χ3v) is 5.02. The molecule has 2 N–H and O–H groups in total. The molecule has 0 saturated heterocycles. The summed E-state index contributed by atoms with van der Waals surface area (Å²) in [4.78, 5) is 15.3. The molecule has 0 saturated carbocycles. The predicted octanol–water partition coefficient (Wildman–Crippen LogP) is 3.64. The Labute approximate surface area is 165 Å². The normalized spacial score (nSPS) is 10.9. The molecule has 0 radical (unpaired) electrons. The van der Waals surface area contributed by atoms with Gasteiger partial charge < -0.3 is 19.5 Å². The van der Waals surface area contributed by atoms with E-state index >= 15 is 0 Å². The number of nitrogens with zero attached hydrogens (tertiary/aromatic N) is 2. The van der Waals surface area contributed by atoms with Crippen molar-refractivity contribution >= 4 is 28.6 Å². The number of ether oxygens (including phenoxy) is 1. The summed E-state index contributed by atoms with van der Waals surface area (Å²) in [6, 6.07) is 15.4. The number of benzene rings is 2. The molecule has 0 atom stereocenters. The molecule has 28 heavy (non-hydrogen) atoms. The second-order valence-corrected chi connectivity index (χ2v) is 6.96. The second kappa shape index (κ2) is 8.18. The second-order valence-electron chi connectivity index (χ2n) is 6.03. The van der Waals surface area contributed by atoms with Gasteiger partial charge in [0.25, 0.3) is 11.1 Å². The molecule has 2 heterocycles. The number of hydrogen-bond acceptors (Lipinski definition) is 6. The van der Waals surface area contributed by atoms with E-state index in [0.29, 0.717) is 17.7 Å². The van der Waals surface area contributed by atoms with E-state index < -0.39 is 0 Å². The van der Waals surface area contributed by atoms with Crippen LogP contribution in [0.5, 0.6) is 5.75 Å². The SMILES string of the molecule is COc1ccc(CNC(=O)CSc2nnc(-c3c[nH]c4ccccc34)o2)cc1. The average molecular weight is 394 g/mol. The van der Waals surface area contributed by atoms with Crippen molar-refractivity contribution in [1.29, 1.82) is 0 Å². The number of carbonyl (C=O) groups excluding carboxylic acids is 1. The highest BCUT2D eigenvalue weighted by Crippen LogP contribution is 2.29. The van der Waals surface area contributed by atoms with Crippen molar-refractivity contribution in [2.24, 2.45) is 0 Å². The average Bonchev–Trinajstić information content (AvgIpc) is 3.37. The molecule has 2 aromatic heterocycles. The molecule has 4 rings (SSSR count). The van der Waals surface area contributed by atoms with Gasteiger partial charge in [-0.3, -0.25) is 4.79 Å². The van der Waals surface area contributed by atoms with E-state index in [-0.39, 0.29) is 11.7 Å². The molecule has 4 aromatic rings.